The smallest absolute Gasteiger partial charge is 0.434 e. The molecular weight excluding hydrogens is 291 g/mol. The zero-order chi connectivity index (χ0) is 14.6. The number of ether oxygens (including phenoxy) is 1. The topological polar surface area (TPSA) is 26.3 Å². The summed E-state index contributed by atoms with van der Waals surface area (Å²) in [5, 5.41) is 0. The molecule has 106 valence electrons. The molecule has 1 rings (SSSR count). The van der Waals surface area contributed by atoms with Gasteiger partial charge < -0.3 is 4.74 Å². The Morgan fingerprint density at radius 3 is 2.47 bits per heavy atom. The lowest BCUT2D eigenvalue weighted by molar-refractivity contribution is -0.0502. The van der Waals surface area contributed by atoms with Crippen LogP contribution in [0.4, 0.5) is 22.0 Å². The molecule has 0 saturated heterocycles. The number of ketones is 1. The van der Waals surface area contributed by atoms with Gasteiger partial charge in [-0.15, -0.1) is 0 Å². The van der Waals surface area contributed by atoms with E-state index in [-0.39, 0.29) is 16.9 Å². The molecule has 0 saturated carbocycles. The summed E-state index contributed by atoms with van der Waals surface area (Å²) in [5.74, 6) is -1.03. The third kappa shape index (κ3) is 5.06. The lowest BCUT2D eigenvalue weighted by Gasteiger charge is -2.12. The van der Waals surface area contributed by atoms with Crippen molar-refractivity contribution in [1.29, 1.82) is 0 Å². The highest BCUT2D eigenvalue weighted by Crippen LogP contribution is 2.39. The molecule has 0 aliphatic rings. The van der Waals surface area contributed by atoms with Gasteiger partial charge in [0.2, 0.25) is 0 Å². The number of thioether (sulfide) groups is 1. The van der Waals surface area contributed by atoms with Crippen LogP contribution in [0.5, 0.6) is 5.75 Å². The highest BCUT2D eigenvalue weighted by molar-refractivity contribution is 8.00. The van der Waals surface area contributed by atoms with Crippen molar-refractivity contribution in [1.82, 2.24) is 0 Å². The van der Waals surface area contributed by atoms with Gasteiger partial charge in [0.15, 0.2) is 5.78 Å². The maximum Gasteiger partial charge on any atom is 0.446 e. The molecule has 0 spiro atoms. The second-order valence-electron chi connectivity index (χ2n) is 3.36. The Morgan fingerprint density at radius 2 is 2.00 bits per heavy atom. The summed E-state index contributed by atoms with van der Waals surface area (Å²) in [6.45, 7) is -1.71. The van der Waals surface area contributed by atoms with E-state index >= 15 is 0 Å². The Morgan fingerprint density at radius 1 is 1.37 bits per heavy atom. The Kier molecular flexibility index (Phi) is 5.16. The maximum atomic E-state index is 12.2. The molecule has 0 radical (unpaired) electrons. The van der Waals surface area contributed by atoms with Gasteiger partial charge in [-0.05, 0) is 30.0 Å². The lowest BCUT2D eigenvalue weighted by atomic mass is 10.1. The van der Waals surface area contributed by atoms with Gasteiger partial charge in [0.1, 0.15) is 5.75 Å². The minimum Gasteiger partial charge on any atom is -0.434 e. The van der Waals surface area contributed by atoms with Crippen LogP contribution in [0, 0.1) is 0 Å². The van der Waals surface area contributed by atoms with Crippen molar-refractivity contribution in [3.63, 3.8) is 0 Å². The van der Waals surface area contributed by atoms with E-state index < -0.39 is 35.4 Å². The second kappa shape index (κ2) is 6.23. The van der Waals surface area contributed by atoms with Crippen LogP contribution in [0.1, 0.15) is 23.7 Å². The van der Waals surface area contributed by atoms with Gasteiger partial charge in [-0.2, -0.15) is 22.0 Å². The van der Waals surface area contributed by atoms with Crippen LogP contribution < -0.4 is 4.74 Å². The van der Waals surface area contributed by atoms with Crippen LogP contribution in [0.25, 0.3) is 0 Å². The highest BCUT2D eigenvalue weighted by Gasteiger charge is 2.30. The van der Waals surface area contributed by atoms with Gasteiger partial charge in [-0.25, -0.2) is 0 Å². The number of Topliss-reactive ketones (excluding diaryl/α,β-unsaturated/α-hetero) is 1. The molecule has 0 bridgehead atoms. The van der Waals surface area contributed by atoms with Crippen molar-refractivity contribution < 1.29 is 31.5 Å². The van der Waals surface area contributed by atoms with Crippen molar-refractivity contribution in [2.45, 2.75) is 30.4 Å². The van der Waals surface area contributed by atoms with E-state index in [2.05, 4.69) is 4.74 Å². The lowest BCUT2D eigenvalue weighted by Crippen LogP contribution is -2.08. The second-order valence-corrected chi connectivity index (χ2v) is 4.50. The Labute approximate surface area is 109 Å². The summed E-state index contributed by atoms with van der Waals surface area (Å²) in [6, 6.07) is 2.88. The Balaban J connectivity index is 3.11. The average Bonchev–Trinajstić information content (AvgIpc) is 2.25. The van der Waals surface area contributed by atoms with E-state index in [0.29, 0.717) is 0 Å². The molecule has 8 heteroatoms. The van der Waals surface area contributed by atoms with Crippen molar-refractivity contribution in [2.75, 3.05) is 0 Å². The van der Waals surface area contributed by atoms with Gasteiger partial charge in [-0.3, -0.25) is 4.79 Å². The fourth-order valence-corrected chi connectivity index (χ4v) is 1.88. The van der Waals surface area contributed by atoms with Crippen molar-refractivity contribution in [3.05, 3.63) is 23.8 Å². The fourth-order valence-electron chi connectivity index (χ4n) is 1.31. The molecule has 0 atom stereocenters. The number of alkyl halides is 5. The van der Waals surface area contributed by atoms with Gasteiger partial charge in [0.05, 0.1) is 5.56 Å². The summed E-state index contributed by atoms with van der Waals surface area (Å²) in [6.07, 6.45) is 0.0331. The number of carbonyl (C=O) groups is 1. The molecular formula is C11H9F5O2S. The van der Waals surface area contributed by atoms with E-state index in [1.165, 1.54) is 6.92 Å². The minimum atomic E-state index is -4.54. The van der Waals surface area contributed by atoms with Gasteiger partial charge >= 0.3 is 12.1 Å². The van der Waals surface area contributed by atoms with E-state index in [0.717, 1.165) is 18.2 Å². The molecule has 2 nitrogen and oxygen atoms in total. The van der Waals surface area contributed by atoms with Gasteiger partial charge in [0, 0.05) is 11.3 Å². The number of hydrogen-bond acceptors (Lipinski definition) is 3. The Hall–Kier alpha value is -1.31. The van der Waals surface area contributed by atoms with Crippen LogP contribution in [0.15, 0.2) is 23.1 Å². The molecule has 0 amide bonds. The van der Waals surface area contributed by atoms with Crippen LogP contribution in [-0.4, -0.2) is 17.9 Å². The summed E-state index contributed by atoms with van der Waals surface area (Å²) in [7, 11) is 0. The molecule has 0 N–H and O–H groups in total. The van der Waals surface area contributed by atoms with E-state index in [4.69, 9.17) is 0 Å². The Bertz CT molecular complexity index is 459. The van der Waals surface area contributed by atoms with Crippen molar-refractivity contribution in [2.24, 2.45) is 0 Å². The van der Waals surface area contributed by atoms with Crippen LogP contribution in [0.2, 0.25) is 0 Å². The van der Waals surface area contributed by atoms with Crippen LogP contribution in [0.3, 0.4) is 0 Å². The van der Waals surface area contributed by atoms with Gasteiger partial charge in [-0.1, -0.05) is 6.92 Å². The number of rotatable bonds is 5. The standard InChI is InChI=1S/C11H9F5O2S/c1-2-8(17)7-4-3-6(19-11(14,15)16)5-9(7)18-10(12)13/h3-5,10H,2H2,1H3. The summed E-state index contributed by atoms with van der Waals surface area (Å²) in [5.41, 5.74) is -4.70. The molecule has 0 heterocycles. The van der Waals surface area contributed by atoms with E-state index in [1.54, 1.807) is 0 Å². The third-order valence-electron chi connectivity index (χ3n) is 2.02. The zero-order valence-corrected chi connectivity index (χ0v) is 10.4. The van der Waals surface area contributed by atoms with Crippen LogP contribution in [-0.2, 0) is 0 Å². The molecule has 19 heavy (non-hydrogen) atoms. The normalized spacial score (nSPS) is 11.7. The predicted molar refractivity (Wildman–Crippen MR) is 59.6 cm³/mol. The molecule has 0 aromatic heterocycles. The highest BCUT2D eigenvalue weighted by atomic mass is 32.2. The third-order valence-corrected chi connectivity index (χ3v) is 2.75. The predicted octanol–water partition coefficient (Wildman–Crippen LogP) is 4.49. The maximum absolute atomic E-state index is 12.2. The summed E-state index contributed by atoms with van der Waals surface area (Å²) < 4.78 is 64.9. The molecule has 0 unspecified atom stereocenters. The number of hydrogen-bond donors (Lipinski definition) is 0. The summed E-state index contributed by atoms with van der Waals surface area (Å²) >= 11 is -0.466. The molecule has 0 aliphatic carbocycles. The van der Waals surface area contributed by atoms with E-state index in [9.17, 15) is 26.7 Å². The fraction of sp³-hybridized carbons (Fsp3) is 0.364. The molecule has 1 aromatic rings. The number of halogens is 5. The largest absolute Gasteiger partial charge is 0.446 e. The van der Waals surface area contributed by atoms with E-state index in [1.807, 2.05) is 0 Å². The molecule has 0 fully saturated rings. The molecule has 0 aliphatic heterocycles. The first kappa shape index (κ1) is 15.7. The van der Waals surface area contributed by atoms with Crippen molar-refractivity contribution >= 4 is 17.5 Å². The van der Waals surface area contributed by atoms with Crippen molar-refractivity contribution in [3.8, 4) is 5.75 Å². The monoisotopic (exact) mass is 300 g/mol. The SMILES string of the molecule is CCC(=O)c1ccc(SC(F)(F)F)cc1OC(F)F. The molecule has 1 aromatic carbocycles. The first-order valence-electron chi connectivity index (χ1n) is 5.10. The minimum absolute atomic E-state index is 0.0331. The van der Waals surface area contributed by atoms with Crippen LogP contribution >= 0.6 is 11.8 Å². The first-order chi connectivity index (χ1) is 8.73. The quantitative estimate of drug-likeness (QED) is 0.455. The first-order valence-corrected chi connectivity index (χ1v) is 5.92. The number of carbonyl (C=O) groups excluding carboxylic acids is 1. The summed E-state index contributed by atoms with van der Waals surface area (Å²) in [4.78, 5) is 11.1. The number of benzene rings is 1. The van der Waals surface area contributed by atoms with Gasteiger partial charge in [0.25, 0.3) is 0 Å². The zero-order valence-electron chi connectivity index (χ0n) is 9.63. The average molecular weight is 300 g/mol.